The van der Waals surface area contributed by atoms with Crippen LogP contribution in [0.5, 0.6) is 0 Å². The summed E-state index contributed by atoms with van der Waals surface area (Å²) in [6, 6.07) is 83.9. The van der Waals surface area contributed by atoms with Gasteiger partial charge >= 0.3 is 0 Å². The fourth-order valence-corrected chi connectivity index (χ4v) is 12.5. The van der Waals surface area contributed by atoms with E-state index in [-0.39, 0.29) is 5.41 Å². The second-order valence-corrected chi connectivity index (χ2v) is 19.1. The van der Waals surface area contributed by atoms with E-state index in [9.17, 15) is 0 Å². The van der Waals surface area contributed by atoms with Crippen molar-refractivity contribution >= 4 is 39.6 Å². The molecule has 2 heteroatoms. The van der Waals surface area contributed by atoms with E-state index in [0.29, 0.717) is 0 Å². The number of rotatable bonds is 5. The molecule has 13 rings (SSSR count). The molecule has 1 heterocycles. The van der Waals surface area contributed by atoms with E-state index in [0.717, 1.165) is 17.1 Å². The van der Waals surface area contributed by atoms with Crippen molar-refractivity contribution in [1.29, 1.82) is 0 Å². The third-order valence-corrected chi connectivity index (χ3v) is 15.5. The molecule has 302 valence electrons. The van der Waals surface area contributed by atoms with Gasteiger partial charge < -0.3 is 4.90 Å². The molecule has 0 bridgehead atoms. The van der Waals surface area contributed by atoms with Gasteiger partial charge in [0.1, 0.15) is 0 Å². The molecule has 1 aliphatic heterocycles. The number of hydrogen-bond acceptors (Lipinski definition) is 2. The summed E-state index contributed by atoms with van der Waals surface area (Å²) in [6.07, 6.45) is 0. The molecule has 1 spiro atoms. The van der Waals surface area contributed by atoms with E-state index in [1.54, 1.807) is 0 Å². The van der Waals surface area contributed by atoms with Gasteiger partial charge in [-0.1, -0.05) is 195 Å². The van der Waals surface area contributed by atoms with Crippen molar-refractivity contribution < 1.29 is 0 Å². The number of benzene rings is 10. The van der Waals surface area contributed by atoms with Gasteiger partial charge in [0.05, 0.1) is 5.41 Å². The average Bonchev–Trinajstić information content (AvgIpc) is 3.78. The average molecular weight is 834 g/mol. The smallest absolute Gasteiger partial charge is 0.0735 e. The monoisotopic (exact) mass is 833 g/mol. The van der Waals surface area contributed by atoms with Crippen molar-refractivity contribution in [2.45, 2.75) is 34.5 Å². The van der Waals surface area contributed by atoms with Gasteiger partial charge in [-0.25, -0.2) is 0 Å². The van der Waals surface area contributed by atoms with Crippen molar-refractivity contribution in [2.75, 3.05) is 4.90 Å². The molecule has 0 fully saturated rings. The molecule has 2 aliphatic carbocycles. The third-order valence-electron chi connectivity index (χ3n) is 14.3. The van der Waals surface area contributed by atoms with Gasteiger partial charge in [0.2, 0.25) is 0 Å². The van der Waals surface area contributed by atoms with Crippen LogP contribution in [-0.4, -0.2) is 0 Å². The molecule has 0 saturated heterocycles. The zero-order valence-corrected chi connectivity index (χ0v) is 36.5. The van der Waals surface area contributed by atoms with Gasteiger partial charge in [-0.15, -0.1) is 0 Å². The lowest BCUT2D eigenvalue weighted by molar-refractivity contribution is 0.660. The molecule has 0 amide bonds. The highest BCUT2D eigenvalue weighted by Crippen LogP contribution is 2.63. The molecule has 0 N–H and O–H groups in total. The van der Waals surface area contributed by atoms with Crippen LogP contribution in [0.4, 0.5) is 17.1 Å². The molecular formula is C62H43NS. The van der Waals surface area contributed by atoms with Crippen molar-refractivity contribution in [3.05, 3.63) is 258 Å². The highest BCUT2D eigenvalue weighted by molar-refractivity contribution is 7.99. The van der Waals surface area contributed by atoms with E-state index >= 15 is 0 Å². The van der Waals surface area contributed by atoms with Crippen molar-refractivity contribution in [3.63, 3.8) is 0 Å². The largest absolute Gasteiger partial charge is 0.310 e. The standard InChI is InChI=1S/C62H43NS/c1-61(2)52-20-10-8-18-49(52)50-35-34-47(39-56(50)61)63(45-30-24-41(25-31-45)40-14-4-3-5-15-40)46-32-26-42(27-33-46)44-29-37-59-57(38-44)62(54-22-12-13-23-58(54)64-59)53-21-11-9-19-51(53)60-48-17-7-6-16-43(48)28-36-55(60)62/h3-39H,1-2H3. The molecule has 0 radical (unpaired) electrons. The Bertz CT molecular complexity index is 3490. The first-order valence-electron chi connectivity index (χ1n) is 22.3. The molecule has 10 aromatic rings. The number of hydrogen-bond donors (Lipinski definition) is 0. The highest BCUT2D eigenvalue weighted by atomic mass is 32.2. The van der Waals surface area contributed by atoms with Crippen LogP contribution < -0.4 is 4.90 Å². The van der Waals surface area contributed by atoms with Crippen LogP contribution in [0.15, 0.2) is 234 Å². The van der Waals surface area contributed by atoms with Crippen molar-refractivity contribution in [3.8, 4) is 44.5 Å². The predicted octanol–water partition coefficient (Wildman–Crippen LogP) is 16.8. The van der Waals surface area contributed by atoms with Gasteiger partial charge in [-0.05, 0) is 143 Å². The van der Waals surface area contributed by atoms with Gasteiger partial charge in [0.15, 0.2) is 0 Å². The van der Waals surface area contributed by atoms with Crippen LogP contribution in [0.25, 0.3) is 55.3 Å². The maximum absolute atomic E-state index is 2.49. The van der Waals surface area contributed by atoms with E-state index in [1.807, 2.05) is 11.8 Å². The Morgan fingerprint density at radius 2 is 0.906 bits per heavy atom. The first-order valence-corrected chi connectivity index (χ1v) is 23.1. The first-order chi connectivity index (χ1) is 31.5. The second kappa shape index (κ2) is 14.1. The summed E-state index contributed by atoms with van der Waals surface area (Å²) in [7, 11) is 0. The zero-order chi connectivity index (χ0) is 42.6. The van der Waals surface area contributed by atoms with E-state index in [2.05, 4.69) is 243 Å². The van der Waals surface area contributed by atoms with E-state index in [4.69, 9.17) is 0 Å². The zero-order valence-electron chi connectivity index (χ0n) is 35.7. The summed E-state index contributed by atoms with van der Waals surface area (Å²) < 4.78 is 0. The Balaban J connectivity index is 0.950. The first kappa shape index (κ1) is 37.2. The molecule has 1 unspecified atom stereocenters. The summed E-state index contributed by atoms with van der Waals surface area (Å²) >= 11 is 1.90. The minimum absolute atomic E-state index is 0.106. The van der Waals surface area contributed by atoms with Gasteiger partial charge in [0.25, 0.3) is 0 Å². The topological polar surface area (TPSA) is 3.24 Å². The van der Waals surface area contributed by atoms with E-state index < -0.39 is 5.41 Å². The lowest BCUT2D eigenvalue weighted by Crippen LogP contribution is -2.32. The fourth-order valence-electron chi connectivity index (χ4n) is 11.4. The molecule has 0 aromatic heterocycles. The highest BCUT2D eigenvalue weighted by Gasteiger charge is 2.50. The Morgan fingerprint density at radius 1 is 0.344 bits per heavy atom. The summed E-state index contributed by atoms with van der Waals surface area (Å²) in [5.41, 5.74) is 21.2. The Labute approximate surface area is 379 Å². The van der Waals surface area contributed by atoms with Gasteiger partial charge in [-0.3, -0.25) is 0 Å². The Morgan fingerprint density at radius 3 is 1.69 bits per heavy atom. The minimum atomic E-state index is -0.452. The van der Waals surface area contributed by atoms with Crippen LogP contribution in [0, 0.1) is 0 Å². The predicted molar refractivity (Wildman–Crippen MR) is 268 cm³/mol. The molecular weight excluding hydrogens is 791 g/mol. The molecule has 1 nitrogen and oxygen atoms in total. The third kappa shape index (κ3) is 5.33. The van der Waals surface area contributed by atoms with Crippen LogP contribution >= 0.6 is 11.8 Å². The number of nitrogens with zero attached hydrogens (tertiary/aromatic N) is 1. The van der Waals surface area contributed by atoms with Crippen molar-refractivity contribution in [1.82, 2.24) is 0 Å². The normalized spacial score (nSPS) is 15.8. The van der Waals surface area contributed by atoms with Gasteiger partial charge in [0, 0.05) is 32.3 Å². The Hall–Kier alpha value is -7.39. The fraction of sp³-hybridized carbons (Fsp3) is 0.0645. The maximum atomic E-state index is 2.49. The summed E-state index contributed by atoms with van der Waals surface area (Å²) in [6.45, 7) is 4.72. The van der Waals surface area contributed by atoms with Crippen LogP contribution in [0.3, 0.4) is 0 Å². The summed E-state index contributed by atoms with van der Waals surface area (Å²) in [4.78, 5) is 5.05. The lowest BCUT2D eigenvalue weighted by atomic mass is 9.67. The quantitative estimate of drug-likeness (QED) is 0.170. The maximum Gasteiger partial charge on any atom is 0.0735 e. The van der Waals surface area contributed by atoms with E-state index in [1.165, 1.54) is 98.5 Å². The van der Waals surface area contributed by atoms with Gasteiger partial charge in [-0.2, -0.15) is 0 Å². The number of anilines is 3. The lowest BCUT2D eigenvalue weighted by Gasteiger charge is -2.40. The van der Waals surface area contributed by atoms with Crippen LogP contribution in [-0.2, 0) is 10.8 Å². The molecule has 0 saturated carbocycles. The van der Waals surface area contributed by atoms with Crippen LogP contribution in [0.2, 0.25) is 0 Å². The molecule has 1 atom stereocenters. The SMILES string of the molecule is CC1(C)c2ccccc2-c2ccc(N(c3ccc(-c4ccccc4)cc3)c3ccc(-c4ccc5c(c4)C4(c6ccccc6S5)c5ccccc5-c5c4ccc4ccccc54)cc3)cc21. The van der Waals surface area contributed by atoms with Crippen LogP contribution in [0.1, 0.15) is 47.2 Å². The van der Waals surface area contributed by atoms with Crippen molar-refractivity contribution in [2.24, 2.45) is 0 Å². The Kier molecular flexibility index (Phi) is 8.17. The molecule has 10 aromatic carbocycles. The minimum Gasteiger partial charge on any atom is -0.310 e. The molecule has 3 aliphatic rings. The molecule has 64 heavy (non-hydrogen) atoms. The second-order valence-electron chi connectivity index (χ2n) is 18.0. The summed E-state index contributed by atoms with van der Waals surface area (Å²) in [5, 5.41) is 2.58. The number of fused-ring (bicyclic) bond motifs is 14. The summed E-state index contributed by atoms with van der Waals surface area (Å²) in [5.74, 6) is 0.